The maximum absolute atomic E-state index is 5.97. The number of hydrogen-bond donors (Lipinski definition) is 1. The van der Waals surface area contributed by atoms with Gasteiger partial charge in [0.15, 0.2) is 0 Å². The molecule has 0 fully saturated rings. The van der Waals surface area contributed by atoms with E-state index < -0.39 is 0 Å². The number of anilines is 1. The second-order valence-corrected chi connectivity index (χ2v) is 6.02. The molecule has 0 atom stereocenters. The number of rotatable bonds is 2. The van der Waals surface area contributed by atoms with E-state index in [1.807, 2.05) is 36.4 Å². The van der Waals surface area contributed by atoms with Crippen LogP contribution in [0.4, 0.5) is 5.69 Å². The first-order chi connectivity index (χ1) is 9.65. The number of nitrogens with zero attached hydrogens (tertiary/aromatic N) is 1. The van der Waals surface area contributed by atoms with E-state index in [0.717, 1.165) is 31.2 Å². The van der Waals surface area contributed by atoms with Gasteiger partial charge < -0.3 is 10.5 Å². The number of benzene rings is 2. The van der Waals surface area contributed by atoms with E-state index in [1.165, 1.54) is 0 Å². The van der Waals surface area contributed by atoms with Gasteiger partial charge in [-0.1, -0.05) is 15.9 Å². The fraction of sp³-hybridized carbons (Fsp3) is 0. The third-order valence-electron chi connectivity index (χ3n) is 2.93. The molecule has 3 aromatic rings. The van der Waals surface area contributed by atoms with Crippen LogP contribution in [0, 0.1) is 0 Å². The zero-order valence-electron chi connectivity index (χ0n) is 10.3. The van der Waals surface area contributed by atoms with Crippen LogP contribution in [-0.2, 0) is 0 Å². The summed E-state index contributed by atoms with van der Waals surface area (Å²) in [6.07, 6.45) is 3.48. The van der Waals surface area contributed by atoms with Crippen molar-refractivity contribution in [3.05, 3.63) is 57.7 Å². The van der Waals surface area contributed by atoms with Crippen LogP contribution in [0.25, 0.3) is 10.8 Å². The molecule has 3 nitrogen and oxygen atoms in total. The average molecular weight is 394 g/mol. The number of pyridine rings is 1. The highest BCUT2D eigenvalue weighted by Crippen LogP contribution is 2.36. The molecule has 100 valence electrons. The molecule has 5 heteroatoms. The molecule has 0 aliphatic heterocycles. The van der Waals surface area contributed by atoms with Gasteiger partial charge in [0.25, 0.3) is 0 Å². The molecule has 0 saturated carbocycles. The van der Waals surface area contributed by atoms with Gasteiger partial charge in [0, 0.05) is 33.3 Å². The van der Waals surface area contributed by atoms with Gasteiger partial charge in [0.1, 0.15) is 11.5 Å². The topological polar surface area (TPSA) is 48.1 Å². The number of nitrogen functional groups attached to an aromatic ring is 1. The highest BCUT2D eigenvalue weighted by atomic mass is 79.9. The number of nitrogens with two attached hydrogens (primary N) is 1. The van der Waals surface area contributed by atoms with Crippen LogP contribution < -0.4 is 10.5 Å². The molecule has 0 spiro atoms. The number of halogens is 2. The van der Waals surface area contributed by atoms with Crippen molar-refractivity contribution in [3.63, 3.8) is 0 Å². The monoisotopic (exact) mass is 392 g/mol. The molecule has 2 aromatic carbocycles. The van der Waals surface area contributed by atoms with Gasteiger partial charge >= 0.3 is 0 Å². The average Bonchev–Trinajstić information content (AvgIpc) is 2.45. The standard InChI is InChI=1S/C15H10Br2N2O/c16-9-1-3-15(12(17)7-9)20-14-4-2-13(18)10-5-6-19-8-11(10)14/h1-8H,18H2. The van der Waals surface area contributed by atoms with Crippen LogP contribution >= 0.6 is 31.9 Å². The SMILES string of the molecule is Nc1ccc(Oc2ccc(Br)cc2Br)c2cnccc12. The molecule has 0 radical (unpaired) electrons. The van der Waals surface area contributed by atoms with Crippen molar-refractivity contribution in [1.29, 1.82) is 0 Å². The number of fused-ring (bicyclic) bond motifs is 1. The van der Waals surface area contributed by atoms with E-state index in [4.69, 9.17) is 10.5 Å². The summed E-state index contributed by atoms with van der Waals surface area (Å²) in [5, 5.41) is 1.83. The molecule has 3 rings (SSSR count). The van der Waals surface area contributed by atoms with Crippen molar-refractivity contribution < 1.29 is 4.74 Å². The molecule has 20 heavy (non-hydrogen) atoms. The molecular weight excluding hydrogens is 384 g/mol. The summed E-state index contributed by atoms with van der Waals surface area (Å²) >= 11 is 6.91. The number of ether oxygens (including phenoxy) is 1. The van der Waals surface area contributed by atoms with Crippen molar-refractivity contribution in [2.75, 3.05) is 5.73 Å². The minimum Gasteiger partial charge on any atom is -0.455 e. The number of hydrogen-bond acceptors (Lipinski definition) is 3. The first-order valence-electron chi connectivity index (χ1n) is 5.90. The molecule has 0 aliphatic carbocycles. The lowest BCUT2D eigenvalue weighted by molar-refractivity contribution is 0.485. The molecule has 1 heterocycles. The summed E-state index contributed by atoms with van der Waals surface area (Å²) in [6, 6.07) is 11.3. The fourth-order valence-electron chi connectivity index (χ4n) is 1.95. The van der Waals surface area contributed by atoms with E-state index in [9.17, 15) is 0 Å². The predicted molar refractivity (Wildman–Crippen MR) is 88.1 cm³/mol. The third-order valence-corrected chi connectivity index (χ3v) is 4.04. The van der Waals surface area contributed by atoms with Gasteiger partial charge in [-0.2, -0.15) is 0 Å². The largest absolute Gasteiger partial charge is 0.455 e. The third kappa shape index (κ3) is 2.51. The molecular formula is C15H10Br2N2O. The summed E-state index contributed by atoms with van der Waals surface area (Å²) in [6.45, 7) is 0. The van der Waals surface area contributed by atoms with Gasteiger partial charge in [-0.05, 0) is 52.3 Å². The second kappa shape index (κ2) is 5.42. The predicted octanol–water partition coefficient (Wildman–Crippen LogP) is 5.13. The van der Waals surface area contributed by atoms with Gasteiger partial charge in [0.05, 0.1) is 4.47 Å². The van der Waals surface area contributed by atoms with Crippen LogP contribution in [0.1, 0.15) is 0 Å². The molecule has 0 saturated heterocycles. The van der Waals surface area contributed by atoms with Crippen LogP contribution in [0.2, 0.25) is 0 Å². The number of aromatic nitrogens is 1. The van der Waals surface area contributed by atoms with E-state index in [-0.39, 0.29) is 0 Å². The summed E-state index contributed by atoms with van der Waals surface area (Å²) in [5.41, 5.74) is 6.68. The highest BCUT2D eigenvalue weighted by Gasteiger charge is 2.08. The van der Waals surface area contributed by atoms with Crippen LogP contribution in [-0.4, -0.2) is 4.98 Å². The van der Waals surface area contributed by atoms with Crippen LogP contribution in [0.15, 0.2) is 57.7 Å². The van der Waals surface area contributed by atoms with Gasteiger partial charge in [-0.25, -0.2) is 0 Å². The van der Waals surface area contributed by atoms with Crippen LogP contribution in [0.3, 0.4) is 0 Å². The van der Waals surface area contributed by atoms with Gasteiger partial charge in [-0.15, -0.1) is 0 Å². The Balaban J connectivity index is 2.09. The maximum Gasteiger partial charge on any atom is 0.141 e. The summed E-state index contributed by atoms with van der Waals surface area (Å²) < 4.78 is 7.83. The maximum atomic E-state index is 5.97. The Morgan fingerprint density at radius 1 is 0.950 bits per heavy atom. The Morgan fingerprint density at radius 3 is 2.55 bits per heavy atom. The smallest absolute Gasteiger partial charge is 0.141 e. The zero-order chi connectivity index (χ0) is 14.1. The molecule has 0 aliphatic rings. The summed E-state index contributed by atoms with van der Waals surface area (Å²) in [4.78, 5) is 4.14. The first-order valence-corrected chi connectivity index (χ1v) is 7.49. The van der Waals surface area contributed by atoms with Crippen LogP contribution in [0.5, 0.6) is 11.5 Å². The quantitative estimate of drug-likeness (QED) is 0.613. The Bertz CT molecular complexity index is 790. The van der Waals surface area contributed by atoms with Crippen molar-refractivity contribution in [1.82, 2.24) is 4.98 Å². The minimum absolute atomic E-state index is 0.713. The summed E-state index contributed by atoms with van der Waals surface area (Å²) in [5.74, 6) is 1.47. The Hall–Kier alpha value is -1.59. The second-order valence-electron chi connectivity index (χ2n) is 4.25. The van der Waals surface area contributed by atoms with E-state index in [0.29, 0.717) is 5.69 Å². The van der Waals surface area contributed by atoms with Crippen molar-refractivity contribution in [2.24, 2.45) is 0 Å². The zero-order valence-corrected chi connectivity index (χ0v) is 13.5. The lowest BCUT2D eigenvalue weighted by Gasteiger charge is -2.11. The molecule has 2 N–H and O–H groups in total. The highest BCUT2D eigenvalue weighted by molar-refractivity contribution is 9.11. The first kappa shape index (κ1) is 13.4. The lowest BCUT2D eigenvalue weighted by Crippen LogP contribution is -1.92. The van der Waals surface area contributed by atoms with Crippen molar-refractivity contribution in [2.45, 2.75) is 0 Å². The summed E-state index contributed by atoms with van der Waals surface area (Å²) in [7, 11) is 0. The Morgan fingerprint density at radius 2 is 1.75 bits per heavy atom. The van der Waals surface area contributed by atoms with Crippen molar-refractivity contribution >= 4 is 48.3 Å². The Labute approximate surface area is 133 Å². The van der Waals surface area contributed by atoms with Gasteiger partial charge in [-0.3, -0.25) is 4.98 Å². The molecule has 0 unspecified atom stereocenters. The Kier molecular flexibility index (Phi) is 3.63. The molecule has 0 bridgehead atoms. The normalized spacial score (nSPS) is 10.7. The van der Waals surface area contributed by atoms with E-state index in [1.54, 1.807) is 12.4 Å². The van der Waals surface area contributed by atoms with Gasteiger partial charge in [0.2, 0.25) is 0 Å². The van der Waals surface area contributed by atoms with E-state index >= 15 is 0 Å². The molecule has 0 amide bonds. The minimum atomic E-state index is 0.713. The lowest BCUT2D eigenvalue weighted by atomic mass is 10.1. The fourth-order valence-corrected chi connectivity index (χ4v) is 3.08. The van der Waals surface area contributed by atoms with Crippen molar-refractivity contribution in [3.8, 4) is 11.5 Å². The van der Waals surface area contributed by atoms with E-state index in [2.05, 4.69) is 36.8 Å². The molecule has 1 aromatic heterocycles.